The first-order valence-electron chi connectivity index (χ1n) is 9.13. The smallest absolute Gasteiger partial charge is 0.224 e. The number of hydrogen-bond donors (Lipinski definition) is 3. The van der Waals surface area contributed by atoms with E-state index in [0.29, 0.717) is 29.7 Å². The third kappa shape index (κ3) is 4.41. The SMILES string of the molecule is CCCCCCC1=C(NC(=O)CCCC)C(=O)c2cc(O)c(O)cc21. The summed E-state index contributed by atoms with van der Waals surface area (Å²) in [6.07, 6.45) is 6.91. The van der Waals surface area contributed by atoms with E-state index >= 15 is 0 Å². The minimum atomic E-state index is -0.323. The number of fused-ring (bicyclic) bond motifs is 1. The number of ketones is 1. The summed E-state index contributed by atoms with van der Waals surface area (Å²) >= 11 is 0. The first-order valence-corrected chi connectivity index (χ1v) is 9.13. The predicted octanol–water partition coefficient (Wildman–Crippen LogP) is 4.28. The molecule has 25 heavy (non-hydrogen) atoms. The van der Waals surface area contributed by atoms with Crippen molar-refractivity contribution < 1.29 is 19.8 Å². The van der Waals surface area contributed by atoms with E-state index in [1.807, 2.05) is 6.92 Å². The summed E-state index contributed by atoms with van der Waals surface area (Å²) in [5, 5.41) is 22.3. The van der Waals surface area contributed by atoms with Crippen molar-refractivity contribution in [3.05, 3.63) is 29.0 Å². The first-order chi connectivity index (χ1) is 12.0. The van der Waals surface area contributed by atoms with Crippen molar-refractivity contribution >= 4 is 17.3 Å². The van der Waals surface area contributed by atoms with Gasteiger partial charge < -0.3 is 15.5 Å². The molecule has 3 N–H and O–H groups in total. The zero-order valence-electron chi connectivity index (χ0n) is 15.0. The molecule has 0 saturated carbocycles. The molecule has 0 spiro atoms. The molecule has 0 fully saturated rings. The molecule has 0 unspecified atom stereocenters. The molecule has 1 aliphatic carbocycles. The van der Waals surface area contributed by atoms with Gasteiger partial charge in [0, 0.05) is 12.0 Å². The normalized spacial score (nSPS) is 13.3. The lowest BCUT2D eigenvalue weighted by Gasteiger charge is -2.09. The number of carbonyl (C=O) groups is 2. The number of hydrogen-bond acceptors (Lipinski definition) is 4. The highest BCUT2D eigenvalue weighted by Crippen LogP contribution is 2.40. The molecule has 1 aromatic rings. The largest absolute Gasteiger partial charge is 0.504 e. The summed E-state index contributed by atoms with van der Waals surface area (Å²) in [5.74, 6) is -1.04. The van der Waals surface area contributed by atoms with Gasteiger partial charge in [-0.1, -0.05) is 39.5 Å². The van der Waals surface area contributed by atoms with Gasteiger partial charge in [-0.25, -0.2) is 0 Å². The third-order valence-electron chi connectivity index (χ3n) is 4.52. The van der Waals surface area contributed by atoms with Gasteiger partial charge in [-0.2, -0.15) is 0 Å². The van der Waals surface area contributed by atoms with Crippen LogP contribution in [-0.2, 0) is 4.79 Å². The average molecular weight is 345 g/mol. The minimum absolute atomic E-state index is 0.169. The number of phenols is 2. The van der Waals surface area contributed by atoms with Crippen LogP contribution in [0.4, 0.5) is 0 Å². The van der Waals surface area contributed by atoms with Crippen molar-refractivity contribution in [2.45, 2.75) is 65.2 Å². The van der Waals surface area contributed by atoms with Crippen LogP contribution in [-0.4, -0.2) is 21.9 Å². The van der Waals surface area contributed by atoms with E-state index in [1.54, 1.807) is 0 Å². The Morgan fingerprint density at radius 3 is 2.24 bits per heavy atom. The Kier molecular flexibility index (Phi) is 6.62. The number of unbranched alkanes of at least 4 members (excludes halogenated alkanes) is 4. The third-order valence-corrected chi connectivity index (χ3v) is 4.52. The Labute approximate surface area is 148 Å². The van der Waals surface area contributed by atoms with Crippen LogP contribution in [0, 0.1) is 0 Å². The molecular formula is C20H27NO4. The van der Waals surface area contributed by atoms with E-state index in [2.05, 4.69) is 12.2 Å². The van der Waals surface area contributed by atoms with Gasteiger partial charge in [-0.05, 0) is 42.5 Å². The number of phenolic OH excluding ortho intramolecular Hbond substituents is 2. The van der Waals surface area contributed by atoms with Gasteiger partial charge in [-0.3, -0.25) is 9.59 Å². The summed E-state index contributed by atoms with van der Waals surface area (Å²) < 4.78 is 0. The first kappa shape index (κ1) is 19.0. The quantitative estimate of drug-likeness (QED) is 0.460. The van der Waals surface area contributed by atoms with E-state index < -0.39 is 0 Å². The lowest BCUT2D eigenvalue weighted by molar-refractivity contribution is -0.120. The number of aromatic hydroxyl groups is 2. The van der Waals surface area contributed by atoms with Crippen LogP contribution in [0.15, 0.2) is 17.8 Å². The summed E-state index contributed by atoms with van der Waals surface area (Å²) in [7, 11) is 0. The molecule has 0 aliphatic heterocycles. The summed E-state index contributed by atoms with van der Waals surface area (Å²) in [4.78, 5) is 24.8. The fourth-order valence-electron chi connectivity index (χ4n) is 3.08. The second-order valence-corrected chi connectivity index (χ2v) is 6.53. The van der Waals surface area contributed by atoms with Crippen molar-refractivity contribution in [3.63, 3.8) is 0 Å². The van der Waals surface area contributed by atoms with Gasteiger partial charge in [0.05, 0.1) is 5.70 Å². The van der Waals surface area contributed by atoms with E-state index in [4.69, 9.17) is 0 Å². The van der Waals surface area contributed by atoms with Gasteiger partial charge in [0.15, 0.2) is 11.5 Å². The molecule has 1 aromatic carbocycles. The lowest BCUT2D eigenvalue weighted by atomic mass is 9.99. The number of carbonyl (C=O) groups excluding carboxylic acids is 2. The van der Waals surface area contributed by atoms with E-state index in [-0.39, 0.29) is 23.2 Å². The number of allylic oxidation sites excluding steroid dienone is 2. The van der Waals surface area contributed by atoms with Gasteiger partial charge in [0.1, 0.15) is 0 Å². The molecule has 0 aromatic heterocycles. The van der Waals surface area contributed by atoms with Crippen LogP contribution in [0.25, 0.3) is 5.57 Å². The van der Waals surface area contributed by atoms with Gasteiger partial charge in [-0.15, -0.1) is 0 Å². The molecule has 0 bridgehead atoms. The molecule has 0 atom stereocenters. The fourth-order valence-corrected chi connectivity index (χ4v) is 3.08. The van der Waals surface area contributed by atoms with Crippen LogP contribution in [0.3, 0.4) is 0 Å². The van der Waals surface area contributed by atoms with Crippen molar-refractivity contribution in [2.75, 3.05) is 0 Å². The zero-order chi connectivity index (χ0) is 18.4. The Morgan fingerprint density at radius 2 is 1.60 bits per heavy atom. The molecule has 0 heterocycles. The maximum atomic E-state index is 12.7. The van der Waals surface area contributed by atoms with Crippen LogP contribution < -0.4 is 5.32 Å². The molecule has 1 amide bonds. The molecule has 136 valence electrons. The maximum Gasteiger partial charge on any atom is 0.224 e. The number of benzene rings is 1. The second kappa shape index (κ2) is 8.70. The zero-order valence-corrected chi connectivity index (χ0v) is 15.0. The van der Waals surface area contributed by atoms with Crippen LogP contribution in [0.1, 0.15) is 81.1 Å². The number of Topliss-reactive ketones (excluding diaryl/α,β-unsaturated/α-hetero) is 1. The summed E-state index contributed by atoms with van der Waals surface area (Å²) in [5.41, 5.74) is 2.02. The molecule has 0 radical (unpaired) electrons. The number of rotatable bonds is 9. The average Bonchev–Trinajstić information content (AvgIpc) is 2.82. The van der Waals surface area contributed by atoms with E-state index in [9.17, 15) is 19.8 Å². The van der Waals surface area contributed by atoms with Crippen molar-refractivity contribution in [1.82, 2.24) is 5.32 Å². The monoisotopic (exact) mass is 345 g/mol. The van der Waals surface area contributed by atoms with Gasteiger partial charge >= 0.3 is 0 Å². The van der Waals surface area contributed by atoms with Crippen molar-refractivity contribution in [2.24, 2.45) is 0 Å². The van der Waals surface area contributed by atoms with Crippen LogP contribution >= 0.6 is 0 Å². The molecule has 5 heteroatoms. The van der Waals surface area contributed by atoms with Gasteiger partial charge in [0.2, 0.25) is 11.7 Å². The predicted molar refractivity (Wildman–Crippen MR) is 97.4 cm³/mol. The van der Waals surface area contributed by atoms with Crippen molar-refractivity contribution in [1.29, 1.82) is 0 Å². The lowest BCUT2D eigenvalue weighted by Crippen LogP contribution is -2.26. The fraction of sp³-hybridized carbons (Fsp3) is 0.500. The van der Waals surface area contributed by atoms with Crippen molar-refractivity contribution in [3.8, 4) is 11.5 Å². The maximum absolute atomic E-state index is 12.7. The van der Waals surface area contributed by atoms with E-state index in [0.717, 1.165) is 44.1 Å². The number of nitrogens with one attached hydrogen (secondary N) is 1. The second-order valence-electron chi connectivity index (χ2n) is 6.53. The topological polar surface area (TPSA) is 86.6 Å². The number of amides is 1. The molecular weight excluding hydrogens is 318 g/mol. The van der Waals surface area contributed by atoms with Gasteiger partial charge in [0.25, 0.3) is 0 Å². The molecule has 2 rings (SSSR count). The standard InChI is InChI=1S/C20H27NO4/c1-3-5-7-8-9-13-14-11-16(22)17(23)12-15(14)20(25)19(13)21-18(24)10-6-4-2/h11-12,22-23H,3-10H2,1-2H3,(H,21,24,25). The summed E-state index contributed by atoms with van der Waals surface area (Å²) in [6.45, 7) is 4.14. The molecule has 1 aliphatic rings. The Bertz CT molecular complexity index is 691. The minimum Gasteiger partial charge on any atom is -0.504 e. The Hall–Kier alpha value is -2.30. The molecule has 5 nitrogen and oxygen atoms in total. The highest BCUT2D eigenvalue weighted by atomic mass is 16.3. The van der Waals surface area contributed by atoms with Crippen LogP contribution in [0.5, 0.6) is 11.5 Å². The summed E-state index contributed by atoms with van der Waals surface area (Å²) in [6, 6.07) is 2.70. The highest BCUT2D eigenvalue weighted by molar-refractivity contribution is 6.22. The van der Waals surface area contributed by atoms with E-state index in [1.165, 1.54) is 12.1 Å². The highest BCUT2D eigenvalue weighted by Gasteiger charge is 2.31. The Morgan fingerprint density at radius 1 is 0.960 bits per heavy atom. The Balaban J connectivity index is 2.29. The molecule has 0 saturated heterocycles. The van der Waals surface area contributed by atoms with Crippen LogP contribution in [0.2, 0.25) is 0 Å².